The first-order valence-corrected chi connectivity index (χ1v) is 8.74. The molecular weight excluding hydrogens is 322 g/mol. The van der Waals surface area contributed by atoms with Crippen molar-refractivity contribution in [1.82, 2.24) is 5.32 Å². The highest BCUT2D eigenvalue weighted by Gasteiger charge is 2.33. The molecule has 0 aliphatic heterocycles. The second-order valence-corrected chi connectivity index (χ2v) is 6.22. The smallest absolute Gasteiger partial charge is 0.408 e. The number of hydrogen-bond donors (Lipinski definition) is 2. The minimum Gasteiger partial charge on any atom is -0.463 e. The molecule has 0 heterocycles. The summed E-state index contributed by atoms with van der Waals surface area (Å²) in [5.41, 5.74) is -0.150. The highest BCUT2D eigenvalue weighted by Crippen LogP contribution is 2.17. The maximum atomic E-state index is 12.1. The number of nitrogens with one attached hydrogen (secondary N) is 1. The summed E-state index contributed by atoms with van der Waals surface area (Å²) in [4.78, 5) is 23.3. The first-order valence-electron chi connectivity index (χ1n) is 8.74. The van der Waals surface area contributed by atoms with Gasteiger partial charge >= 0.3 is 12.1 Å². The van der Waals surface area contributed by atoms with Crippen LogP contribution in [0.25, 0.3) is 0 Å². The molecule has 0 bridgehead atoms. The van der Waals surface area contributed by atoms with Gasteiger partial charge < -0.3 is 19.9 Å². The third kappa shape index (κ3) is 8.54. The second kappa shape index (κ2) is 11.5. The Labute approximate surface area is 149 Å². The van der Waals surface area contributed by atoms with Gasteiger partial charge in [0.25, 0.3) is 0 Å². The SMILES string of the molecule is CCCCCC[C@](CO)(COC(C)=O)NC(=O)OCc1ccccc1. The fourth-order valence-electron chi connectivity index (χ4n) is 2.44. The van der Waals surface area contributed by atoms with Gasteiger partial charge in [-0.2, -0.15) is 0 Å². The van der Waals surface area contributed by atoms with Crippen LogP contribution in [0.3, 0.4) is 0 Å². The van der Waals surface area contributed by atoms with E-state index in [1.807, 2.05) is 30.3 Å². The summed E-state index contributed by atoms with van der Waals surface area (Å²) in [6.45, 7) is 3.14. The Morgan fingerprint density at radius 3 is 2.44 bits per heavy atom. The first kappa shape index (κ1) is 21.0. The van der Waals surface area contributed by atoms with E-state index in [1.165, 1.54) is 6.92 Å². The number of benzene rings is 1. The lowest BCUT2D eigenvalue weighted by Crippen LogP contribution is -2.55. The maximum absolute atomic E-state index is 12.1. The van der Waals surface area contributed by atoms with Crippen LogP contribution in [0.15, 0.2) is 30.3 Å². The van der Waals surface area contributed by atoms with Gasteiger partial charge in [-0.15, -0.1) is 0 Å². The Bertz CT molecular complexity index is 520. The molecular formula is C19H29NO5. The average molecular weight is 351 g/mol. The van der Waals surface area contributed by atoms with E-state index in [-0.39, 0.29) is 19.8 Å². The molecule has 0 unspecified atom stereocenters. The van der Waals surface area contributed by atoms with Gasteiger partial charge in [-0.05, 0) is 12.0 Å². The quantitative estimate of drug-likeness (QED) is 0.472. The molecule has 0 aliphatic rings. The summed E-state index contributed by atoms with van der Waals surface area (Å²) in [5, 5.41) is 12.5. The van der Waals surface area contributed by atoms with Crippen LogP contribution in [0.5, 0.6) is 0 Å². The number of rotatable bonds is 11. The number of carbonyl (C=O) groups is 2. The number of hydrogen-bond acceptors (Lipinski definition) is 5. The van der Waals surface area contributed by atoms with Crippen molar-refractivity contribution in [3.63, 3.8) is 0 Å². The zero-order valence-electron chi connectivity index (χ0n) is 15.1. The van der Waals surface area contributed by atoms with Crippen molar-refractivity contribution < 1.29 is 24.2 Å². The fourth-order valence-corrected chi connectivity index (χ4v) is 2.44. The van der Waals surface area contributed by atoms with Crippen molar-refractivity contribution >= 4 is 12.1 Å². The first-order chi connectivity index (χ1) is 12.0. The van der Waals surface area contributed by atoms with Crippen LogP contribution in [0.1, 0.15) is 51.5 Å². The number of carbonyl (C=O) groups excluding carboxylic acids is 2. The van der Waals surface area contributed by atoms with E-state index in [2.05, 4.69) is 12.2 Å². The average Bonchev–Trinajstić information content (AvgIpc) is 2.62. The lowest BCUT2D eigenvalue weighted by molar-refractivity contribution is -0.144. The molecule has 2 N–H and O–H groups in total. The maximum Gasteiger partial charge on any atom is 0.408 e. The third-order valence-corrected chi connectivity index (χ3v) is 3.94. The third-order valence-electron chi connectivity index (χ3n) is 3.94. The Morgan fingerprint density at radius 1 is 1.12 bits per heavy atom. The molecule has 1 amide bonds. The van der Waals surface area contributed by atoms with Gasteiger partial charge in [0.05, 0.1) is 6.61 Å². The molecule has 1 atom stereocenters. The van der Waals surface area contributed by atoms with Gasteiger partial charge in [-0.1, -0.05) is 62.9 Å². The molecule has 0 fully saturated rings. The Balaban J connectivity index is 2.61. The summed E-state index contributed by atoms with van der Waals surface area (Å²) >= 11 is 0. The van der Waals surface area contributed by atoms with E-state index in [9.17, 15) is 14.7 Å². The van der Waals surface area contributed by atoms with E-state index in [0.717, 1.165) is 31.2 Å². The molecule has 0 spiro atoms. The molecule has 6 heteroatoms. The van der Waals surface area contributed by atoms with E-state index in [1.54, 1.807) is 0 Å². The minimum absolute atomic E-state index is 0.0780. The molecule has 25 heavy (non-hydrogen) atoms. The standard InChI is InChI=1S/C19H29NO5/c1-3-4-5-9-12-19(14-21,15-25-16(2)22)20-18(23)24-13-17-10-7-6-8-11-17/h6-8,10-11,21H,3-5,9,12-15H2,1-2H3,(H,20,23)/t19-/m0/s1. The van der Waals surface area contributed by atoms with Crippen LogP contribution < -0.4 is 5.32 Å². The van der Waals surface area contributed by atoms with Crippen molar-refractivity contribution in [2.24, 2.45) is 0 Å². The van der Waals surface area contributed by atoms with Crippen LogP contribution in [0.2, 0.25) is 0 Å². The van der Waals surface area contributed by atoms with Gasteiger partial charge in [-0.3, -0.25) is 4.79 Å². The fraction of sp³-hybridized carbons (Fsp3) is 0.579. The summed E-state index contributed by atoms with van der Waals surface area (Å²) < 4.78 is 10.3. The van der Waals surface area contributed by atoms with Crippen molar-refractivity contribution in [2.45, 2.75) is 58.1 Å². The van der Waals surface area contributed by atoms with Crippen molar-refractivity contribution in [3.05, 3.63) is 35.9 Å². The molecule has 140 valence electrons. The van der Waals surface area contributed by atoms with Crippen molar-refractivity contribution in [3.8, 4) is 0 Å². The van der Waals surface area contributed by atoms with E-state index < -0.39 is 17.6 Å². The van der Waals surface area contributed by atoms with E-state index >= 15 is 0 Å². The number of unbranched alkanes of at least 4 members (excludes halogenated alkanes) is 3. The molecule has 0 aromatic heterocycles. The van der Waals surface area contributed by atoms with Gasteiger partial charge in [0.1, 0.15) is 18.8 Å². The number of amides is 1. The largest absolute Gasteiger partial charge is 0.463 e. The number of aliphatic hydroxyl groups excluding tert-OH is 1. The second-order valence-electron chi connectivity index (χ2n) is 6.22. The van der Waals surface area contributed by atoms with Crippen LogP contribution in [0, 0.1) is 0 Å². The number of aliphatic hydroxyl groups is 1. The Hall–Kier alpha value is -2.08. The minimum atomic E-state index is -1.02. The molecule has 1 aromatic carbocycles. The lowest BCUT2D eigenvalue weighted by atomic mass is 9.93. The molecule has 1 rings (SSSR count). The van der Waals surface area contributed by atoms with Crippen molar-refractivity contribution in [2.75, 3.05) is 13.2 Å². The normalized spacial score (nSPS) is 12.9. The zero-order valence-corrected chi connectivity index (χ0v) is 15.1. The topological polar surface area (TPSA) is 84.9 Å². The van der Waals surface area contributed by atoms with Crippen LogP contribution in [-0.4, -0.2) is 35.9 Å². The monoisotopic (exact) mass is 351 g/mol. The molecule has 0 saturated carbocycles. The molecule has 0 saturated heterocycles. The van der Waals surface area contributed by atoms with E-state index in [0.29, 0.717) is 6.42 Å². The molecule has 6 nitrogen and oxygen atoms in total. The number of ether oxygens (including phenoxy) is 2. The summed E-state index contributed by atoms with van der Waals surface area (Å²) in [7, 11) is 0. The van der Waals surface area contributed by atoms with Gasteiger partial charge in [-0.25, -0.2) is 4.79 Å². The summed E-state index contributed by atoms with van der Waals surface area (Å²) in [6.07, 6.45) is 3.83. The van der Waals surface area contributed by atoms with E-state index in [4.69, 9.17) is 9.47 Å². The van der Waals surface area contributed by atoms with Gasteiger partial charge in [0, 0.05) is 6.92 Å². The zero-order chi connectivity index (χ0) is 18.5. The molecule has 0 radical (unpaired) electrons. The van der Waals surface area contributed by atoms with Crippen LogP contribution in [-0.2, 0) is 20.9 Å². The van der Waals surface area contributed by atoms with Gasteiger partial charge in [0.2, 0.25) is 0 Å². The Kier molecular flexibility index (Phi) is 9.62. The number of esters is 1. The highest BCUT2D eigenvalue weighted by molar-refractivity contribution is 5.69. The van der Waals surface area contributed by atoms with Crippen molar-refractivity contribution in [1.29, 1.82) is 0 Å². The predicted octanol–water partition coefficient (Wildman–Crippen LogP) is 3.18. The Morgan fingerprint density at radius 2 is 1.84 bits per heavy atom. The lowest BCUT2D eigenvalue weighted by Gasteiger charge is -2.32. The highest BCUT2D eigenvalue weighted by atomic mass is 16.6. The molecule has 1 aromatic rings. The molecule has 0 aliphatic carbocycles. The van der Waals surface area contributed by atoms with Crippen LogP contribution in [0.4, 0.5) is 4.79 Å². The van der Waals surface area contributed by atoms with Crippen LogP contribution >= 0.6 is 0 Å². The van der Waals surface area contributed by atoms with Gasteiger partial charge in [0.15, 0.2) is 0 Å². The summed E-state index contributed by atoms with van der Waals surface area (Å²) in [5.74, 6) is -0.453. The summed E-state index contributed by atoms with van der Waals surface area (Å²) in [6, 6.07) is 9.33. The predicted molar refractivity (Wildman–Crippen MR) is 95.0 cm³/mol. The number of alkyl carbamates (subject to hydrolysis) is 1.